The van der Waals surface area contributed by atoms with Crippen molar-refractivity contribution in [2.75, 3.05) is 13.2 Å². The van der Waals surface area contributed by atoms with Crippen molar-refractivity contribution in [2.45, 2.75) is 75.1 Å². The van der Waals surface area contributed by atoms with Gasteiger partial charge >= 0.3 is 0 Å². The quantitative estimate of drug-likeness (QED) is 0.776. The first-order valence-electron chi connectivity index (χ1n) is 8.46. The van der Waals surface area contributed by atoms with Gasteiger partial charge in [0.05, 0.1) is 10.5 Å². The van der Waals surface area contributed by atoms with Crippen LogP contribution in [0.2, 0.25) is 18.1 Å². The Bertz CT molecular complexity index is 475. The van der Waals surface area contributed by atoms with Crippen LogP contribution in [0.1, 0.15) is 46.5 Å². The van der Waals surface area contributed by atoms with Crippen LogP contribution in [0.25, 0.3) is 0 Å². The van der Waals surface area contributed by atoms with E-state index in [0.717, 1.165) is 12.8 Å². The minimum atomic E-state index is -2.88. The van der Waals surface area contributed by atoms with E-state index in [-0.39, 0.29) is 34.0 Å². The summed E-state index contributed by atoms with van der Waals surface area (Å²) in [6, 6.07) is 0. The molecule has 0 aromatic rings. The highest BCUT2D eigenvalue weighted by molar-refractivity contribution is 7.93. The van der Waals surface area contributed by atoms with Crippen LogP contribution < -0.4 is 0 Å². The van der Waals surface area contributed by atoms with Crippen molar-refractivity contribution < 1.29 is 18.0 Å². The molecule has 0 spiro atoms. The molecule has 3 atom stereocenters. The fourth-order valence-electron chi connectivity index (χ4n) is 3.50. The van der Waals surface area contributed by atoms with Crippen molar-refractivity contribution in [3.63, 3.8) is 0 Å². The molecule has 0 aromatic carbocycles. The first-order valence-corrected chi connectivity index (χ1v) is 13.0. The highest BCUT2D eigenvalue weighted by atomic mass is 32.2. The average molecular weight is 349 g/mol. The summed E-state index contributed by atoms with van der Waals surface area (Å²) in [5.41, 5.74) is 0. The molecule has 0 aromatic heterocycles. The number of fused-ring (bicyclic) bond motifs is 2. The van der Waals surface area contributed by atoms with Crippen molar-refractivity contribution >= 4 is 18.2 Å². The summed E-state index contributed by atoms with van der Waals surface area (Å²) in [7, 11) is -4.71. The molecule has 130 valence electrons. The number of aliphatic hydroxyl groups excluding tert-OH is 1. The number of aliphatic hydroxyl groups is 1. The van der Waals surface area contributed by atoms with E-state index >= 15 is 0 Å². The summed E-state index contributed by atoms with van der Waals surface area (Å²) >= 11 is 0. The number of hydrogen-bond acceptors (Lipinski definition) is 4. The molecule has 2 heterocycles. The lowest BCUT2D eigenvalue weighted by Crippen LogP contribution is -2.44. The maximum atomic E-state index is 12.2. The van der Waals surface area contributed by atoms with Crippen LogP contribution in [0.3, 0.4) is 0 Å². The Morgan fingerprint density at radius 1 is 1.18 bits per heavy atom. The van der Waals surface area contributed by atoms with E-state index < -0.39 is 18.2 Å². The third kappa shape index (κ3) is 3.45. The summed E-state index contributed by atoms with van der Waals surface area (Å²) in [5, 5.41) is 9.60. The van der Waals surface area contributed by atoms with Crippen molar-refractivity contribution in [1.82, 2.24) is 0 Å². The third-order valence-electron chi connectivity index (χ3n) is 6.24. The first-order chi connectivity index (χ1) is 9.99. The number of rotatable bonds is 5. The SMILES string of the molecule is CC(C)(C)[Si](C)(C)OCC(CO)C1CC2CCC(C1)S2(=O)=O. The Labute approximate surface area is 136 Å². The second-order valence-electron chi connectivity index (χ2n) is 8.66. The minimum absolute atomic E-state index is 0.0766. The van der Waals surface area contributed by atoms with Gasteiger partial charge in [-0.2, -0.15) is 0 Å². The maximum Gasteiger partial charge on any atom is 0.191 e. The van der Waals surface area contributed by atoms with Crippen LogP contribution in [0, 0.1) is 11.8 Å². The Morgan fingerprint density at radius 2 is 1.68 bits per heavy atom. The van der Waals surface area contributed by atoms with Gasteiger partial charge in [0.2, 0.25) is 0 Å². The predicted molar refractivity (Wildman–Crippen MR) is 92.2 cm³/mol. The molecule has 0 radical (unpaired) electrons. The Morgan fingerprint density at radius 3 is 2.09 bits per heavy atom. The molecule has 0 saturated carbocycles. The molecule has 2 aliphatic rings. The van der Waals surface area contributed by atoms with E-state index in [1.807, 2.05) is 0 Å². The van der Waals surface area contributed by atoms with Gasteiger partial charge in [-0.15, -0.1) is 0 Å². The summed E-state index contributed by atoms with van der Waals surface area (Å²) in [5.74, 6) is 0.364. The van der Waals surface area contributed by atoms with Crippen LogP contribution in [-0.4, -0.2) is 45.6 Å². The van der Waals surface area contributed by atoms with Crippen LogP contribution >= 0.6 is 0 Å². The zero-order valence-electron chi connectivity index (χ0n) is 14.6. The van der Waals surface area contributed by atoms with Crippen molar-refractivity contribution in [1.29, 1.82) is 0 Å². The lowest BCUT2D eigenvalue weighted by atomic mass is 9.86. The molecule has 2 saturated heterocycles. The van der Waals surface area contributed by atoms with Gasteiger partial charge in [-0.1, -0.05) is 20.8 Å². The van der Waals surface area contributed by atoms with Crippen LogP contribution in [-0.2, 0) is 14.3 Å². The Balaban J connectivity index is 1.99. The molecule has 6 heteroatoms. The zero-order chi connectivity index (χ0) is 16.8. The van der Waals surface area contributed by atoms with E-state index in [1.165, 1.54) is 0 Å². The van der Waals surface area contributed by atoms with E-state index in [2.05, 4.69) is 33.9 Å². The van der Waals surface area contributed by atoms with Crippen molar-refractivity contribution in [3.8, 4) is 0 Å². The van der Waals surface area contributed by atoms with Gasteiger partial charge in [-0.05, 0) is 49.7 Å². The molecular formula is C16H32O4SSi. The van der Waals surface area contributed by atoms with Gasteiger partial charge in [0.15, 0.2) is 18.2 Å². The van der Waals surface area contributed by atoms with Gasteiger partial charge in [-0.3, -0.25) is 0 Å². The molecule has 2 rings (SSSR count). The molecule has 2 aliphatic heterocycles. The molecule has 3 unspecified atom stereocenters. The summed E-state index contributed by atoms with van der Waals surface area (Å²) in [4.78, 5) is 0. The van der Waals surface area contributed by atoms with Crippen molar-refractivity contribution in [2.24, 2.45) is 11.8 Å². The predicted octanol–water partition coefficient (Wildman–Crippen LogP) is 2.97. The van der Waals surface area contributed by atoms with E-state index in [1.54, 1.807) is 0 Å². The first kappa shape index (κ1) is 18.4. The fraction of sp³-hybridized carbons (Fsp3) is 1.00. The van der Waals surface area contributed by atoms with Crippen LogP contribution in [0.4, 0.5) is 0 Å². The largest absolute Gasteiger partial charge is 0.416 e. The third-order valence-corrected chi connectivity index (χ3v) is 13.5. The lowest BCUT2D eigenvalue weighted by Gasteiger charge is -2.39. The minimum Gasteiger partial charge on any atom is -0.416 e. The lowest BCUT2D eigenvalue weighted by molar-refractivity contribution is 0.101. The molecule has 4 nitrogen and oxygen atoms in total. The second kappa shape index (κ2) is 6.19. The normalized spacial score (nSPS) is 32.9. The summed E-state index contributed by atoms with van der Waals surface area (Å²) in [6.07, 6.45) is 3.05. The zero-order valence-corrected chi connectivity index (χ0v) is 16.4. The maximum absolute atomic E-state index is 12.2. The topological polar surface area (TPSA) is 63.6 Å². The van der Waals surface area contributed by atoms with Gasteiger partial charge in [-0.25, -0.2) is 8.42 Å². The molecule has 2 bridgehead atoms. The summed E-state index contributed by atoms with van der Waals surface area (Å²) in [6.45, 7) is 11.7. The molecule has 0 aliphatic carbocycles. The number of hydrogen-bond donors (Lipinski definition) is 1. The van der Waals surface area contributed by atoms with Gasteiger partial charge in [0.25, 0.3) is 0 Å². The molecular weight excluding hydrogens is 316 g/mol. The highest BCUT2D eigenvalue weighted by Crippen LogP contribution is 2.44. The fourth-order valence-corrected chi connectivity index (χ4v) is 7.07. The molecule has 0 amide bonds. The Kier molecular flexibility index (Phi) is 5.18. The smallest absolute Gasteiger partial charge is 0.191 e. The monoisotopic (exact) mass is 348 g/mol. The van der Waals surface area contributed by atoms with Crippen LogP contribution in [0.15, 0.2) is 0 Å². The second-order valence-corrected chi connectivity index (χ2v) is 16.0. The Hall–Kier alpha value is 0.0869. The van der Waals surface area contributed by atoms with Gasteiger partial charge < -0.3 is 9.53 Å². The van der Waals surface area contributed by atoms with Crippen molar-refractivity contribution in [3.05, 3.63) is 0 Å². The molecule has 1 N–H and O–H groups in total. The van der Waals surface area contributed by atoms with E-state index in [9.17, 15) is 13.5 Å². The van der Waals surface area contributed by atoms with Gasteiger partial charge in [0.1, 0.15) is 0 Å². The van der Waals surface area contributed by atoms with Crippen LogP contribution in [0.5, 0.6) is 0 Å². The van der Waals surface area contributed by atoms with Gasteiger partial charge in [0, 0.05) is 19.1 Å². The van der Waals surface area contributed by atoms with E-state index in [4.69, 9.17) is 4.43 Å². The van der Waals surface area contributed by atoms with E-state index in [0.29, 0.717) is 19.4 Å². The molecule has 22 heavy (non-hydrogen) atoms. The number of sulfone groups is 1. The summed E-state index contributed by atoms with van der Waals surface area (Å²) < 4.78 is 30.7. The average Bonchev–Trinajstić information content (AvgIpc) is 2.58. The standard InChI is InChI=1S/C16H32O4SSi/c1-16(2,3)22(4,5)20-11-13(10-17)12-8-14-6-7-15(9-12)21(14,18)19/h12-15,17H,6-11H2,1-5H3. The highest BCUT2D eigenvalue weighted by Gasteiger charge is 2.48. The molecule has 2 fully saturated rings.